The van der Waals surface area contributed by atoms with E-state index in [-0.39, 0.29) is 5.78 Å². The monoisotopic (exact) mass is 295 g/mol. The molecule has 2 aromatic carbocycles. The van der Waals surface area contributed by atoms with E-state index < -0.39 is 5.91 Å². The number of amides is 1. The fraction of sp³-hybridized carbons (Fsp3) is 0.0588. The Bertz CT molecular complexity index is 847. The molecule has 0 bridgehead atoms. The van der Waals surface area contributed by atoms with Crippen molar-refractivity contribution >= 4 is 33.1 Å². The Morgan fingerprint density at radius 2 is 1.62 bits per heavy atom. The lowest BCUT2D eigenvalue weighted by atomic mass is 10.0. The van der Waals surface area contributed by atoms with Crippen molar-refractivity contribution in [2.24, 2.45) is 5.73 Å². The van der Waals surface area contributed by atoms with Gasteiger partial charge < -0.3 is 5.73 Å². The highest BCUT2D eigenvalue weighted by Gasteiger charge is 2.08. The Morgan fingerprint density at radius 1 is 0.952 bits per heavy atom. The Balaban J connectivity index is 2.03. The van der Waals surface area contributed by atoms with Gasteiger partial charge in [0.1, 0.15) is 0 Å². The normalized spacial score (nSPS) is 10.7. The van der Waals surface area contributed by atoms with Crippen molar-refractivity contribution in [1.29, 1.82) is 0 Å². The number of carbonyl (C=O) groups excluding carboxylic acids is 2. The van der Waals surface area contributed by atoms with Gasteiger partial charge in [-0.1, -0.05) is 36.4 Å². The topological polar surface area (TPSA) is 60.2 Å². The van der Waals surface area contributed by atoms with Crippen LogP contribution in [0.15, 0.2) is 48.5 Å². The maximum atomic E-state index is 11.3. The van der Waals surface area contributed by atoms with Gasteiger partial charge in [0, 0.05) is 10.3 Å². The van der Waals surface area contributed by atoms with Crippen LogP contribution in [0.1, 0.15) is 27.0 Å². The first-order valence-electron chi connectivity index (χ1n) is 6.49. The van der Waals surface area contributed by atoms with E-state index >= 15 is 0 Å². The van der Waals surface area contributed by atoms with Gasteiger partial charge in [-0.05, 0) is 35.6 Å². The van der Waals surface area contributed by atoms with E-state index in [0.717, 1.165) is 21.2 Å². The highest BCUT2D eigenvalue weighted by atomic mass is 32.1. The first-order chi connectivity index (χ1) is 10.0. The second-order valence-corrected chi connectivity index (χ2v) is 5.94. The number of hydrogen-bond donors (Lipinski definition) is 1. The summed E-state index contributed by atoms with van der Waals surface area (Å²) in [7, 11) is 0. The fourth-order valence-corrected chi connectivity index (χ4v) is 3.18. The van der Waals surface area contributed by atoms with Crippen molar-refractivity contribution in [3.05, 3.63) is 59.0 Å². The number of rotatable bonds is 3. The molecule has 0 unspecified atom stereocenters. The summed E-state index contributed by atoms with van der Waals surface area (Å²) in [6, 6.07) is 15.3. The maximum Gasteiger partial charge on any atom is 0.258 e. The van der Waals surface area contributed by atoms with Crippen molar-refractivity contribution in [2.45, 2.75) is 6.92 Å². The molecule has 3 nitrogen and oxygen atoms in total. The minimum atomic E-state index is -0.399. The quantitative estimate of drug-likeness (QED) is 0.746. The van der Waals surface area contributed by atoms with Crippen molar-refractivity contribution in [3.8, 4) is 11.1 Å². The number of thiophene rings is 1. The molecular weight excluding hydrogens is 282 g/mol. The molecule has 21 heavy (non-hydrogen) atoms. The van der Waals surface area contributed by atoms with Crippen molar-refractivity contribution < 1.29 is 9.59 Å². The summed E-state index contributed by atoms with van der Waals surface area (Å²) in [5, 5.41) is 1.01. The third-order valence-electron chi connectivity index (χ3n) is 3.39. The van der Waals surface area contributed by atoms with Crippen LogP contribution in [-0.4, -0.2) is 11.7 Å². The van der Waals surface area contributed by atoms with E-state index in [0.29, 0.717) is 10.4 Å². The second-order valence-electron chi connectivity index (χ2n) is 4.86. The SMILES string of the molecule is CC(=O)c1ccc(-c2ccc3cc(C(N)=O)sc3c2)cc1. The van der Waals surface area contributed by atoms with Crippen LogP contribution in [0, 0.1) is 0 Å². The van der Waals surface area contributed by atoms with Crippen LogP contribution >= 0.6 is 11.3 Å². The minimum absolute atomic E-state index is 0.0568. The molecule has 4 heteroatoms. The van der Waals surface area contributed by atoms with E-state index in [9.17, 15) is 9.59 Å². The Hall–Kier alpha value is -2.46. The van der Waals surface area contributed by atoms with Crippen LogP contribution in [0.4, 0.5) is 0 Å². The molecule has 3 rings (SSSR count). The van der Waals surface area contributed by atoms with Crippen molar-refractivity contribution in [2.75, 3.05) is 0 Å². The second kappa shape index (κ2) is 5.14. The molecule has 0 spiro atoms. The van der Waals surface area contributed by atoms with E-state index in [4.69, 9.17) is 5.73 Å². The van der Waals surface area contributed by atoms with Gasteiger partial charge in [0.2, 0.25) is 0 Å². The highest BCUT2D eigenvalue weighted by Crippen LogP contribution is 2.30. The molecule has 0 saturated heterocycles. The molecule has 0 aliphatic carbocycles. The summed E-state index contributed by atoms with van der Waals surface area (Å²) < 4.78 is 1.02. The van der Waals surface area contributed by atoms with Gasteiger partial charge >= 0.3 is 0 Å². The molecular formula is C17H13NO2S. The molecule has 1 aromatic heterocycles. The molecule has 2 N–H and O–H groups in total. The summed E-state index contributed by atoms with van der Waals surface area (Å²) >= 11 is 1.39. The third kappa shape index (κ3) is 2.58. The van der Waals surface area contributed by atoms with Crippen LogP contribution in [0.3, 0.4) is 0 Å². The van der Waals surface area contributed by atoms with Crippen LogP contribution in [0.2, 0.25) is 0 Å². The molecule has 0 atom stereocenters. The van der Waals surface area contributed by atoms with Gasteiger partial charge in [0.05, 0.1) is 4.88 Å². The summed E-state index contributed by atoms with van der Waals surface area (Å²) in [4.78, 5) is 23.1. The highest BCUT2D eigenvalue weighted by molar-refractivity contribution is 7.20. The summed E-state index contributed by atoms with van der Waals surface area (Å²) in [5.41, 5.74) is 8.10. The maximum absolute atomic E-state index is 11.3. The molecule has 0 aliphatic heterocycles. The lowest BCUT2D eigenvalue weighted by molar-refractivity contribution is 0.0999. The molecule has 0 saturated carbocycles. The lowest BCUT2D eigenvalue weighted by Crippen LogP contribution is -2.07. The predicted octanol–water partition coefficient (Wildman–Crippen LogP) is 3.87. The van der Waals surface area contributed by atoms with Gasteiger partial charge in [-0.25, -0.2) is 0 Å². The molecule has 0 aliphatic rings. The van der Waals surface area contributed by atoms with Gasteiger partial charge in [-0.2, -0.15) is 0 Å². The molecule has 1 amide bonds. The molecule has 3 aromatic rings. The van der Waals surface area contributed by atoms with E-state index in [1.54, 1.807) is 6.92 Å². The summed E-state index contributed by atoms with van der Waals surface area (Å²) in [6.07, 6.45) is 0. The third-order valence-corrected chi connectivity index (χ3v) is 4.50. The van der Waals surface area contributed by atoms with Gasteiger partial charge in [0.25, 0.3) is 5.91 Å². The minimum Gasteiger partial charge on any atom is -0.365 e. The van der Waals surface area contributed by atoms with Crippen molar-refractivity contribution in [3.63, 3.8) is 0 Å². The predicted molar refractivity (Wildman–Crippen MR) is 85.8 cm³/mol. The van der Waals surface area contributed by atoms with Gasteiger partial charge in [0.15, 0.2) is 5.78 Å². The number of hydrogen-bond acceptors (Lipinski definition) is 3. The number of primary amides is 1. The first kappa shape index (κ1) is 13.5. The van der Waals surface area contributed by atoms with E-state index in [2.05, 4.69) is 0 Å². The number of ketones is 1. The van der Waals surface area contributed by atoms with Crippen molar-refractivity contribution in [1.82, 2.24) is 0 Å². The van der Waals surface area contributed by atoms with Crippen LogP contribution < -0.4 is 5.73 Å². The summed E-state index contributed by atoms with van der Waals surface area (Å²) in [6.45, 7) is 1.55. The van der Waals surface area contributed by atoms with Crippen LogP contribution in [0.25, 0.3) is 21.2 Å². The smallest absolute Gasteiger partial charge is 0.258 e. The van der Waals surface area contributed by atoms with E-state index in [1.165, 1.54) is 11.3 Å². The largest absolute Gasteiger partial charge is 0.365 e. The molecule has 1 heterocycles. The number of benzene rings is 2. The Morgan fingerprint density at radius 3 is 2.24 bits per heavy atom. The van der Waals surface area contributed by atoms with E-state index in [1.807, 2.05) is 48.5 Å². The molecule has 0 fully saturated rings. The molecule has 104 valence electrons. The average Bonchev–Trinajstić information content (AvgIpc) is 2.90. The zero-order valence-electron chi connectivity index (χ0n) is 11.4. The number of Topliss-reactive ketones (excluding diaryl/α,β-unsaturated/α-hetero) is 1. The summed E-state index contributed by atoms with van der Waals surface area (Å²) in [5.74, 6) is -0.343. The fourth-order valence-electron chi connectivity index (χ4n) is 2.23. The van der Waals surface area contributed by atoms with Crippen LogP contribution in [-0.2, 0) is 0 Å². The average molecular weight is 295 g/mol. The number of fused-ring (bicyclic) bond motifs is 1. The Labute approximate surface area is 126 Å². The van der Waals surface area contributed by atoms with Gasteiger partial charge in [-0.15, -0.1) is 11.3 Å². The zero-order valence-corrected chi connectivity index (χ0v) is 12.2. The molecule has 0 radical (unpaired) electrons. The Kier molecular flexibility index (Phi) is 3.31. The zero-order chi connectivity index (χ0) is 15.0. The number of carbonyl (C=O) groups is 2. The lowest BCUT2D eigenvalue weighted by Gasteiger charge is -2.03. The number of nitrogens with two attached hydrogens (primary N) is 1. The van der Waals surface area contributed by atoms with Crippen LogP contribution in [0.5, 0.6) is 0 Å². The van der Waals surface area contributed by atoms with Gasteiger partial charge in [-0.3, -0.25) is 9.59 Å². The first-order valence-corrected chi connectivity index (χ1v) is 7.31. The standard InChI is InChI=1S/C17H13NO2S/c1-10(19)11-2-4-12(5-3-11)13-6-7-14-9-16(17(18)20)21-15(14)8-13/h2-9H,1H3,(H2,18,20).